The molecule has 0 bridgehead atoms. The first-order valence-corrected chi connectivity index (χ1v) is 8.80. The number of hydrogen-bond donors (Lipinski definition) is 1. The first kappa shape index (κ1) is 18.3. The SMILES string of the molecule is CCN(C(=O)c1cccc(C(=O)Nc2ccccc2)n1)c1cccc(C)c1. The third-order valence-corrected chi connectivity index (χ3v) is 4.11. The van der Waals surface area contributed by atoms with Crippen LogP contribution in [0.2, 0.25) is 0 Å². The van der Waals surface area contributed by atoms with Crippen molar-refractivity contribution in [1.29, 1.82) is 0 Å². The zero-order valence-electron chi connectivity index (χ0n) is 15.3. The molecule has 1 N–H and O–H groups in total. The summed E-state index contributed by atoms with van der Waals surface area (Å²) in [6, 6.07) is 21.8. The second kappa shape index (κ2) is 8.27. The molecule has 2 aromatic carbocycles. The van der Waals surface area contributed by atoms with E-state index in [4.69, 9.17) is 0 Å². The third-order valence-electron chi connectivity index (χ3n) is 4.11. The van der Waals surface area contributed by atoms with E-state index in [0.717, 1.165) is 11.3 Å². The van der Waals surface area contributed by atoms with Crippen molar-refractivity contribution >= 4 is 23.2 Å². The van der Waals surface area contributed by atoms with Gasteiger partial charge in [0.05, 0.1) is 0 Å². The Labute approximate surface area is 158 Å². The maximum atomic E-state index is 13.0. The van der Waals surface area contributed by atoms with Crippen molar-refractivity contribution in [2.24, 2.45) is 0 Å². The fourth-order valence-corrected chi connectivity index (χ4v) is 2.77. The summed E-state index contributed by atoms with van der Waals surface area (Å²) in [5.74, 6) is -0.591. The van der Waals surface area contributed by atoms with Gasteiger partial charge in [-0.05, 0) is 55.8 Å². The molecule has 0 fully saturated rings. The van der Waals surface area contributed by atoms with Gasteiger partial charge >= 0.3 is 0 Å². The topological polar surface area (TPSA) is 62.3 Å². The van der Waals surface area contributed by atoms with Gasteiger partial charge in [0.25, 0.3) is 11.8 Å². The lowest BCUT2D eigenvalue weighted by Crippen LogP contribution is -2.31. The largest absolute Gasteiger partial charge is 0.321 e. The van der Waals surface area contributed by atoms with Crippen LogP contribution in [-0.4, -0.2) is 23.3 Å². The number of anilines is 2. The summed E-state index contributed by atoms with van der Waals surface area (Å²) in [7, 11) is 0. The predicted octanol–water partition coefficient (Wildman–Crippen LogP) is 4.31. The molecule has 27 heavy (non-hydrogen) atoms. The van der Waals surface area contributed by atoms with Gasteiger partial charge in [-0.15, -0.1) is 0 Å². The average Bonchev–Trinajstić information content (AvgIpc) is 2.69. The van der Waals surface area contributed by atoms with Crippen molar-refractivity contribution < 1.29 is 9.59 Å². The summed E-state index contributed by atoms with van der Waals surface area (Å²) in [5, 5.41) is 2.78. The number of amides is 2. The lowest BCUT2D eigenvalue weighted by molar-refractivity contribution is 0.0983. The highest BCUT2D eigenvalue weighted by molar-refractivity contribution is 6.07. The predicted molar refractivity (Wildman–Crippen MR) is 107 cm³/mol. The van der Waals surface area contributed by atoms with Crippen molar-refractivity contribution in [3.63, 3.8) is 0 Å². The van der Waals surface area contributed by atoms with Gasteiger partial charge in [-0.3, -0.25) is 9.59 Å². The first-order chi connectivity index (χ1) is 13.1. The van der Waals surface area contributed by atoms with E-state index in [9.17, 15) is 9.59 Å². The van der Waals surface area contributed by atoms with Crippen LogP contribution >= 0.6 is 0 Å². The highest BCUT2D eigenvalue weighted by Gasteiger charge is 2.19. The molecule has 0 radical (unpaired) electrons. The molecule has 136 valence electrons. The van der Waals surface area contributed by atoms with Crippen LogP contribution in [0.15, 0.2) is 72.8 Å². The Morgan fingerprint density at radius 3 is 2.33 bits per heavy atom. The van der Waals surface area contributed by atoms with E-state index >= 15 is 0 Å². The minimum Gasteiger partial charge on any atom is -0.321 e. The number of pyridine rings is 1. The normalized spacial score (nSPS) is 10.3. The highest BCUT2D eigenvalue weighted by atomic mass is 16.2. The van der Waals surface area contributed by atoms with Crippen molar-refractivity contribution in [3.8, 4) is 0 Å². The number of hydrogen-bond acceptors (Lipinski definition) is 3. The molecular weight excluding hydrogens is 338 g/mol. The monoisotopic (exact) mass is 359 g/mol. The van der Waals surface area contributed by atoms with Gasteiger partial charge in [0.15, 0.2) is 0 Å². The minimum atomic E-state index is -0.352. The van der Waals surface area contributed by atoms with E-state index in [-0.39, 0.29) is 23.2 Å². The Hall–Kier alpha value is -3.47. The van der Waals surface area contributed by atoms with Gasteiger partial charge in [-0.2, -0.15) is 0 Å². The summed E-state index contributed by atoms with van der Waals surface area (Å²) in [5.41, 5.74) is 2.99. The van der Waals surface area contributed by atoms with Crippen LogP contribution in [0.25, 0.3) is 0 Å². The fourth-order valence-electron chi connectivity index (χ4n) is 2.77. The molecule has 0 aliphatic rings. The van der Waals surface area contributed by atoms with Crippen LogP contribution in [0.5, 0.6) is 0 Å². The van der Waals surface area contributed by atoms with Gasteiger partial charge in [-0.1, -0.05) is 36.4 Å². The van der Waals surface area contributed by atoms with Crippen LogP contribution < -0.4 is 10.2 Å². The molecule has 0 aliphatic heterocycles. The molecule has 3 aromatic rings. The molecule has 0 saturated carbocycles. The van der Waals surface area contributed by atoms with Crippen molar-refractivity contribution in [1.82, 2.24) is 4.98 Å². The second-order valence-electron chi connectivity index (χ2n) is 6.12. The number of aromatic nitrogens is 1. The number of benzene rings is 2. The first-order valence-electron chi connectivity index (χ1n) is 8.80. The molecule has 5 heteroatoms. The summed E-state index contributed by atoms with van der Waals surface area (Å²) < 4.78 is 0. The zero-order valence-corrected chi connectivity index (χ0v) is 15.3. The number of carbonyl (C=O) groups is 2. The Morgan fingerprint density at radius 2 is 1.63 bits per heavy atom. The third kappa shape index (κ3) is 4.39. The quantitative estimate of drug-likeness (QED) is 0.738. The lowest BCUT2D eigenvalue weighted by Gasteiger charge is -2.21. The second-order valence-corrected chi connectivity index (χ2v) is 6.12. The zero-order chi connectivity index (χ0) is 19.2. The molecule has 0 unspecified atom stereocenters. The molecule has 1 aromatic heterocycles. The van der Waals surface area contributed by atoms with Crippen molar-refractivity contribution in [2.75, 3.05) is 16.8 Å². The van der Waals surface area contributed by atoms with E-state index in [1.807, 2.05) is 56.3 Å². The number of carbonyl (C=O) groups excluding carboxylic acids is 2. The van der Waals surface area contributed by atoms with Gasteiger partial charge in [0.2, 0.25) is 0 Å². The van der Waals surface area contributed by atoms with Gasteiger partial charge < -0.3 is 10.2 Å². The molecule has 0 atom stereocenters. The minimum absolute atomic E-state index is 0.199. The lowest BCUT2D eigenvalue weighted by atomic mass is 10.2. The van der Waals surface area contributed by atoms with Gasteiger partial charge in [0, 0.05) is 17.9 Å². The molecule has 1 heterocycles. The Kier molecular flexibility index (Phi) is 5.61. The Morgan fingerprint density at radius 1 is 0.926 bits per heavy atom. The van der Waals surface area contributed by atoms with Crippen LogP contribution in [0.1, 0.15) is 33.5 Å². The van der Waals surface area contributed by atoms with Gasteiger partial charge in [0.1, 0.15) is 11.4 Å². The Bertz CT molecular complexity index is 955. The van der Waals surface area contributed by atoms with Crippen molar-refractivity contribution in [3.05, 3.63) is 89.7 Å². The number of nitrogens with zero attached hydrogens (tertiary/aromatic N) is 2. The smallest absolute Gasteiger partial charge is 0.276 e. The summed E-state index contributed by atoms with van der Waals surface area (Å²) >= 11 is 0. The number of nitrogens with one attached hydrogen (secondary N) is 1. The van der Waals surface area contributed by atoms with Crippen LogP contribution in [0.3, 0.4) is 0 Å². The summed E-state index contributed by atoms with van der Waals surface area (Å²) in [6.45, 7) is 4.39. The van der Waals surface area contributed by atoms with E-state index in [1.54, 1.807) is 35.2 Å². The van der Waals surface area contributed by atoms with Gasteiger partial charge in [-0.25, -0.2) is 4.98 Å². The standard InChI is InChI=1S/C22H21N3O2/c1-3-25(18-12-7-9-16(2)15-18)22(27)20-14-8-13-19(24-20)21(26)23-17-10-5-4-6-11-17/h4-15H,3H2,1-2H3,(H,23,26). The molecule has 0 spiro atoms. The molecule has 5 nitrogen and oxygen atoms in total. The van der Waals surface area contributed by atoms with Crippen molar-refractivity contribution in [2.45, 2.75) is 13.8 Å². The van der Waals surface area contributed by atoms with Crippen LogP contribution in [0, 0.1) is 6.92 Å². The summed E-state index contributed by atoms with van der Waals surface area (Å²) in [4.78, 5) is 31.3. The average molecular weight is 359 g/mol. The number of para-hydroxylation sites is 1. The molecule has 3 rings (SSSR count). The van der Waals surface area contributed by atoms with Crippen LogP contribution in [0.4, 0.5) is 11.4 Å². The molecule has 2 amide bonds. The number of rotatable bonds is 5. The number of aryl methyl sites for hydroxylation is 1. The molecular formula is C22H21N3O2. The maximum absolute atomic E-state index is 13.0. The van der Waals surface area contributed by atoms with E-state index in [1.165, 1.54) is 0 Å². The van der Waals surface area contributed by atoms with E-state index < -0.39 is 0 Å². The maximum Gasteiger partial charge on any atom is 0.276 e. The summed E-state index contributed by atoms with van der Waals surface area (Å²) in [6.07, 6.45) is 0. The fraction of sp³-hybridized carbons (Fsp3) is 0.136. The Balaban J connectivity index is 1.83. The molecule has 0 aliphatic carbocycles. The highest BCUT2D eigenvalue weighted by Crippen LogP contribution is 2.18. The van der Waals surface area contributed by atoms with Crippen LogP contribution in [-0.2, 0) is 0 Å². The van der Waals surface area contributed by atoms with E-state index in [2.05, 4.69) is 10.3 Å². The molecule has 0 saturated heterocycles. The van der Waals surface area contributed by atoms with E-state index in [0.29, 0.717) is 12.2 Å².